The zero-order valence-corrected chi connectivity index (χ0v) is 10.8. The molecule has 0 saturated heterocycles. The first kappa shape index (κ1) is 12.7. The second-order valence-corrected chi connectivity index (χ2v) is 5.34. The van der Waals surface area contributed by atoms with Gasteiger partial charge >= 0.3 is 0 Å². The molecule has 0 aliphatic heterocycles. The number of hydrogen-bond donors (Lipinski definition) is 0. The molecule has 0 spiro atoms. The lowest BCUT2D eigenvalue weighted by atomic mass is 10.2. The molecule has 2 aromatic carbocycles. The number of hydrogen-bond acceptors (Lipinski definition) is 1. The van der Waals surface area contributed by atoms with Crippen molar-refractivity contribution in [2.45, 2.75) is 11.8 Å². The van der Waals surface area contributed by atoms with Crippen molar-refractivity contribution in [1.29, 1.82) is 0 Å². The monoisotopic (exact) mass is 260 g/mol. The van der Waals surface area contributed by atoms with Gasteiger partial charge in [0.1, 0.15) is 10.8 Å². The SMILES string of the molecule is Cc1ccc(S(=O)/C(F)=C\c2ccccc2)cc1. The summed E-state index contributed by atoms with van der Waals surface area (Å²) >= 11 is 0. The topological polar surface area (TPSA) is 17.1 Å². The first-order valence-electron chi connectivity index (χ1n) is 5.57. The smallest absolute Gasteiger partial charge is 0.192 e. The molecule has 0 aliphatic carbocycles. The Morgan fingerprint density at radius 2 is 1.67 bits per heavy atom. The van der Waals surface area contributed by atoms with Gasteiger partial charge in [0.25, 0.3) is 0 Å². The number of aryl methyl sites for hydroxylation is 1. The first-order valence-corrected chi connectivity index (χ1v) is 6.72. The van der Waals surface area contributed by atoms with Crippen LogP contribution in [-0.2, 0) is 10.8 Å². The van der Waals surface area contributed by atoms with Crippen molar-refractivity contribution in [3.63, 3.8) is 0 Å². The average molecular weight is 260 g/mol. The van der Waals surface area contributed by atoms with Crippen molar-refractivity contribution in [3.05, 3.63) is 70.9 Å². The van der Waals surface area contributed by atoms with Crippen LogP contribution < -0.4 is 0 Å². The molecule has 0 aromatic heterocycles. The second kappa shape index (κ2) is 5.74. The molecule has 1 nitrogen and oxygen atoms in total. The summed E-state index contributed by atoms with van der Waals surface area (Å²) in [5, 5.41) is -0.634. The van der Waals surface area contributed by atoms with Crippen LogP contribution in [-0.4, -0.2) is 4.21 Å². The molecule has 1 atom stereocenters. The summed E-state index contributed by atoms with van der Waals surface area (Å²) in [6, 6.07) is 16.0. The molecule has 0 bridgehead atoms. The van der Waals surface area contributed by atoms with E-state index < -0.39 is 16.0 Å². The fraction of sp³-hybridized carbons (Fsp3) is 0.0667. The van der Waals surface area contributed by atoms with E-state index in [0.29, 0.717) is 10.5 Å². The van der Waals surface area contributed by atoms with E-state index in [1.807, 2.05) is 37.3 Å². The summed E-state index contributed by atoms with van der Waals surface area (Å²) in [5.74, 6) is 0. The highest BCUT2D eigenvalue weighted by Gasteiger charge is 2.09. The number of benzene rings is 2. The van der Waals surface area contributed by atoms with Crippen LogP contribution in [0.3, 0.4) is 0 Å². The van der Waals surface area contributed by atoms with Crippen LogP contribution in [0.15, 0.2) is 64.7 Å². The summed E-state index contributed by atoms with van der Waals surface area (Å²) in [4.78, 5) is 0.477. The standard InChI is InChI=1S/C15H13FOS/c1-12-7-9-14(10-8-12)18(17)15(16)11-13-5-3-2-4-6-13/h2-11H,1H3/b15-11-. The maximum atomic E-state index is 13.8. The van der Waals surface area contributed by atoms with Crippen molar-refractivity contribution < 1.29 is 8.60 Å². The normalized spacial score (nSPS) is 13.3. The third-order valence-electron chi connectivity index (χ3n) is 2.49. The van der Waals surface area contributed by atoms with Crippen molar-refractivity contribution in [2.24, 2.45) is 0 Å². The van der Waals surface area contributed by atoms with Crippen LogP contribution >= 0.6 is 0 Å². The van der Waals surface area contributed by atoms with Gasteiger partial charge in [0, 0.05) is 4.90 Å². The molecular formula is C15H13FOS. The lowest BCUT2D eigenvalue weighted by Crippen LogP contribution is -1.91. The van der Waals surface area contributed by atoms with Crippen molar-refractivity contribution in [1.82, 2.24) is 0 Å². The highest BCUT2D eigenvalue weighted by molar-refractivity contribution is 7.89. The maximum Gasteiger partial charge on any atom is 0.192 e. The van der Waals surface area contributed by atoms with E-state index in [4.69, 9.17) is 0 Å². The zero-order valence-electron chi connectivity index (χ0n) is 9.97. The van der Waals surface area contributed by atoms with E-state index in [0.717, 1.165) is 5.56 Å². The van der Waals surface area contributed by atoms with E-state index in [1.54, 1.807) is 24.3 Å². The minimum Gasteiger partial charge on any atom is -0.247 e. The van der Waals surface area contributed by atoms with Gasteiger partial charge in [-0.1, -0.05) is 48.0 Å². The largest absolute Gasteiger partial charge is 0.247 e. The van der Waals surface area contributed by atoms with Gasteiger partial charge in [-0.05, 0) is 30.7 Å². The Morgan fingerprint density at radius 1 is 1.06 bits per heavy atom. The quantitative estimate of drug-likeness (QED) is 0.813. The van der Waals surface area contributed by atoms with Crippen molar-refractivity contribution in [2.75, 3.05) is 0 Å². The van der Waals surface area contributed by atoms with E-state index in [-0.39, 0.29) is 0 Å². The predicted molar refractivity (Wildman–Crippen MR) is 73.1 cm³/mol. The third kappa shape index (κ3) is 3.14. The van der Waals surface area contributed by atoms with Crippen LogP contribution in [0.1, 0.15) is 11.1 Å². The van der Waals surface area contributed by atoms with Crippen LogP contribution in [0.4, 0.5) is 4.39 Å². The Bertz CT molecular complexity index is 573. The van der Waals surface area contributed by atoms with Crippen LogP contribution in [0.25, 0.3) is 6.08 Å². The Kier molecular flexibility index (Phi) is 4.05. The molecule has 0 heterocycles. The molecule has 3 heteroatoms. The zero-order chi connectivity index (χ0) is 13.0. The molecule has 0 N–H and O–H groups in total. The van der Waals surface area contributed by atoms with Crippen LogP contribution in [0, 0.1) is 6.92 Å². The van der Waals surface area contributed by atoms with Crippen LogP contribution in [0.5, 0.6) is 0 Å². The van der Waals surface area contributed by atoms with Crippen molar-refractivity contribution in [3.8, 4) is 0 Å². The van der Waals surface area contributed by atoms with Gasteiger partial charge in [0.15, 0.2) is 5.16 Å². The van der Waals surface area contributed by atoms with E-state index >= 15 is 0 Å². The Hall–Kier alpha value is -1.74. The lowest BCUT2D eigenvalue weighted by molar-refractivity contribution is 0.653. The Balaban J connectivity index is 2.24. The molecule has 0 aliphatic rings. The fourth-order valence-electron chi connectivity index (χ4n) is 1.51. The van der Waals surface area contributed by atoms with E-state index in [2.05, 4.69) is 0 Å². The van der Waals surface area contributed by atoms with Gasteiger partial charge in [-0.15, -0.1) is 0 Å². The average Bonchev–Trinajstić information content (AvgIpc) is 2.40. The fourth-order valence-corrected chi connectivity index (χ4v) is 2.36. The summed E-state index contributed by atoms with van der Waals surface area (Å²) in [7, 11) is -1.74. The number of rotatable bonds is 3. The molecule has 0 radical (unpaired) electrons. The van der Waals surface area contributed by atoms with E-state index in [9.17, 15) is 8.60 Å². The minimum atomic E-state index is -1.74. The summed E-state index contributed by atoms with van der Waals surface area (Å²) in [5.41, 5.74) is 1.76. The van der Waals surface area contributed by atoms with Gasteiger partial charge in [0.05, 0.1) is 0 Å². The molecule has 2 aromatic rings. The summed E-state index contributed by atoms with van der Waals surface area (Å²) in [6.07, 6.45) is 1.30. The minimum absolute atomic E-state index is 0.477. The molecule has 0 fully saturated rings. The molecule has 2 rings (SSSR count). The summed E-state index contributed by atoms with van der Waals surface area (Å²) in [6.45, 7) is 1.93. The molecule has 1 unspecified atom stereocenters. The highest BCUT2D eigenvalue weighted by atomic mass is 32.2. The molecule has 18 heavy (non-hydrogen) atoms. The Labute approximate surface area is 108 Å². The molecular weight excluding hydrogens is 247 g/mol. The molecule has 0 saturated carbocycles. The van der Waals surface area contributed by atoms with Gasteiger partial charge in [-0.2, -0.15) is 4.39 Å². The summed E-state index contributed by atoms with van der Waals surface area (Å²) < 4.78 is 25.8. The van der Waals surface area contributed by atoms with E-state index in [1.165, 1.54) is 6.08 Å². The lowest BCUT2D eigenvalue weighted by Gasteiger charge is -2.00. The molecule has 92 valence electrons. The third-order valence-corrected chi connectivity index (χ3v) is 3.66. The highest BCUT2D eigenvalue weighted by Crippen LogP contribution is 2.18. The van der Waals surface area contributed by atoms with Gasteiger partial charge < -0.3 is 0 Å². The van der Waals surface area contributed by atoms with Gasteiger partial charge in [-0.3, -0.25) is 0 Å². The van der Waals surface area contributed by atoms with Gasteiger partial charge in [0.2, 0.25) is 0 Å². The second-order valence-electron chi connectivity index (χ2n) is 3.94. The van der Waals surface area contributed by atoms with Gasteiger partial charge in [-0.25, -0.2) is 4.21 Å². The first-order chi connectivity index (χ1) is 8.66. The number of halogens is 1. The van der Waals surface area contributed by atoms with Crippen LogP contribution in [0.2, 0.25) is 0 Å². The molecule has 0 amide bonds. The van der Waals surface area contributed by atoms with Crippen molar-refractivity contribution >= 4 is 16.9 Å². The maximum absolute atomic E-state index is 13.8. The predicted octanol–water partition coefficient (Wildman–Crippen LogP) is 4.07. The Morgan fingerprint density at radius 3 is 2.28 bits per heavy atom.